The van der Waals surface area contributed by atoms with Gasteiger partial charge in [0.2, 0.25) is 5.91 Å². The third-order valence-corrected chi connectivity index (χ3v) is 6.85. The van der Waals surface area contributed by atoms with E-state index in [2.05, 4.69) is 10.2 Å². The quantitative estimate of drug-likeness (QED) is 0.641. The summed E-state index contributed by atoms with van der Waals surface area (Å²) in [5.41, 5.74) is 2.02. The summed E-state index contributed by atoms with van der Waals surface area (Å²) in [5, 5.41) is 14.6. The Morgan fingerprint density at radius 3 is 2.67 bits per heavy atom. The van der Waals surface area contributed by atoms with Gasteiger partial charge in [-0.25, -0.2) is 0 Å². The first-order chi connectivity index (χ1) is 16.0. The summed E-state index contributed by atoms with van der Waals surface area (Å²) in [6.45, 7) is 2.27. The third kappa shape index (κ3) is 6.92. The molecule has 2 N–H and O–H groups in total. The lowest BCUT2D eigenvalue weighted by Crippen LogP contribution is -2.55. The minimum Gasteiger partial charge on any atom is -0.389 e. The predicted molar refractivity (Wildman–Crippen MR) is 128 cm³/mol. The first kappa shape index (κ1) is 24.5. The van der Waals surface area contributed by atoms with Gasteiger partial charge < -0.3 is 19.9 Å². The van der Waals surface area contributed by atoms with Crippen molar-refractivity contribution < 1.29 is 19.4 Å². The molecule has 0 unspecified atom stereocenters. The van der Waals surface area contributed by atoms with Crippen molar-refractivity contribution in [3.63, 3.8) is 0 Å². The molecule has 178 valence electrons. The summed E-state index contributed by atoms with van der Waals surface area (Å²) in [5.74, 6) is -0.0569. The molecule has 0 aliphatic carbocycles. The van der Waals surface area contributed by atoms with Crippen molar-refractivity contribution in [2.24, 2.45) is 0 Å². The van der Waals surface area contributed by atoms with Crippen molar-refractivity contribution in [3.05, 3.63) is 69.7 Å². The average Bonchev–Trinajstić information content (AvgIpc) is 2.79. The zero-order chi connectivity index (χ0) is 23.2. The van der Waals surface area contributed by atoms with Crippen LogP contribution in [-0.2, 0) is 27.4 Å². The molecule has 2 aliphatic rings. The van der Waals surface area contributed by atoms with E-state index in [1.165, 1.54) is 0 Å². The van der Waals surface area contributed by atoms with Crippen LogP contribution in [0, 0.1) is 0 Å². The van der Waals surface area contributed by atoms with Gasteiger partial charge in [0, 0.05) is 35.7 Å². The Bertz CT molecular complexity index is 927. The molecule has 0 bridgehead atoms. The molecular weight excluding hydrogens is 463 g/mol. The number of ether oxygens (including phenoxy) is 2. The lowest BCUT2D eigenvalue weighted by molar-refractivity contribution is -0.158. The lowest BCUT2D eigenvalue weighted by Gasteiger charge is -2.44. The van der Waals surface area contributed by atoms with Crippen molar-refractivity contribution in [1.82, 2.24) is 10.2 Å². The molecule has 4 atom stereocenters. The van der Waals surface area contributed by atoms with Gasteiger partial charge in [-0.3, -0.25) is 9.69 Å². The van der Waals surface area contributed by atoms with Crippen LogP contribution in [-0.4, -0.2) is 60.0 Å². The molecular formula is C25H30Cl2N2O4. The topological polar surface area (TPSA) is 71.0 Å². The summed E-state index contributed by atoms with van der Waals surface area (Å²) in [6, 6.07) is 15.4. The maximum Gasteiger partial charge on any atom is 0.222 e. The van der Waals surface area contributed by atoms with E-state index >= 15 is 0 Å². The summed E-state index contributed by atoms with van der Waals surface area (Å²) in [7, 11) is 0. The molecule has 0 aromatic heterocycles. The Balaban J connectivity index is 1.34. The molecule has 2 heterocycles. The van der Waals surface area contributed by atoms with Gasteiger partial charge in [0.1, 0.15) is 0 Å². The van der Waals surface area contributed by atoms with Gasteiger partial charge in [-0.1, -0.05) is 53.5 Å². The van der Waals surface area contributed by atoms with Crippen molar-refractivity contribution in [1.29, 1.82) is 0 Å². The van der Waals surface area contributed by atoms with E-state index in [1.807, 2.05) is 48.5 Å². The maximum absolute atomic E-state index is 12.5. The molecule has 4 rings (SSSR count). The van der Waals surface area contributed by atoms with Crippen molar-refractivity contribution in [2.75, 3.05) is 19.8 Å². The van der Waals surface area contributed by atoms with E-state index in [4.69, 9.17) is 32.7 Å². The first-order valence-electron chi connectivity index (χ1n) is 11.4. The molecule has 2 aromatic carbocycles. The van der Waals surface area contributed by atoms with Crippen molar-refractivity contribution in [2.45, 2.75) is 56.7 Å². The van der Waals surface area contributed by atoms with Gasteiger partial charge in [-0.2, -0.15) is 0 Å². The lowest BCUT2D eigenvalue weighted by atomic mass is 9.94. The fourth-order valence-corrected chi connectivity index (χ4v) is 4.89. The Morgan fingerprint density at radius 2 is 1.88 bits per heavy atom. The summed E-state index contributed by atoms with van der Waals surface area (Å²) in [6.07, 6.45) is 1.08. The zero-order valence-corrected chi connectivity index (χ0v) is 20.0. The van der Waals surface area contributed by atoms with Crippen LogP contribution in [0.25, 0.3) is 0 Å². The number of nitrogens with one attached hydrogen (secondary N) is 1. The highest BCUT2D eigenvalue weighted by Gasteiger charge is 2.38. The average molecular weight is 493 g/mol. The van der Waals surface area contributed by atoms with Gasteiger partial charge >= 0.3 is 0 Å². The van der Waals surface area contributed by atoms with Gasteiger partial charge in [0.05, 0.1) is 37.9 Å². The molecule has 8 heteroatoms. The van der Waals surface area contributed by atoms with Crippen LogP contribution in [0.15, 0.2) is 48.5 Å². The van der Waals surface area contributed by atoms with Crippen molar-refractivity contribution >= 4 is 29.1 Å². The first-order valence-corrected chi connectivity index (χ1v) is 12.1. The molecule has 2 aliphatic heterocycles. The second kappa shape index (κ2) is 11.6. The number of β-amino-alcohol motifs (C(OH)–C–C–N with tert-alkyl or cyclic N) is 1. The zero-order valence-electron chi connectivity index (χ0n) is 18.5. The molecule has 6 nitrogen and oxygen atoms in total. The van der Waals surface area contributed by atoms with E-state index in [0.717, 1.165) is 24.0 Å². The molecule has 33 heavy (non-hydrogen) atoms. The van der Waals surface area contributed by atoms with Crippen LogP contribution in [0.5, 0.6) is 0 Å². The van der Waals surface area contributed by atoms with Gasteiger partial charge in [0.25, 0.3) is 0 Å². The van der Waals surface area contributed by atoms with E-state index in [1.54, 1.807) is 0 Å². The van der Waals surface area contributed by atoms with E-state index in [0.29, 0.717) is 42.7 Å². The Kier molecular flexibility index (Phi) is 8.63. The number of nitrogens with zero attached hydrogens (tertiary/aromatic N) is 1. The second-order valence-electron chi connectivity index (χ2n) is 8.76. The van der Waals surface area contributed by atoms with Gasteiger partial charge in [-0.05, 0) is 42.2 Å². The third-order valence-electron chi connectivity index (χ3n) is 6.23. The number of aliphatic hydroxyl groups excluding tert-OH is 1. The largest absolute Gasteiger partial charge is 0.389 e. The number of hydrogen-bond acceptors (Lipinski definition) is 5. The number of carbonyl (C=O) groups excluding carboxylic acids is 1. The Morgan fingerprint density at radius 1 is 1.09 bits per heavy atom. The standard InChI is InChI=1S/C25H30Cl2N2O4/c26-19-7-5-17(6-8-19)13-29-14-20(30)15-32-16-24-23(29)10-9-21(33-24)11-25(31)28-12-18-3-1-2-4-22(18)27/h1-8,20-21,23-24,30H,9-16H2,(H,28,31)/t20-,21-,23-,24+/m0/s1. The van der Waals surface area contributed by atoms with Gasteiger partial charge in [-0.15, -0.1) is 0 Å². The molecule has 0 radical (unpaired) electrons. The number of hydrogen-bond donors (Lipinski definition) is 2. The fraction of sp³-hybridized carbons (Fsp3) is 0.480. The van der Waals surface area contributed by atoms with E-state index in [-0.39, 0.29) is 30.8 Å². The predicted octanol–water partition coefficient (Wildman–Crippen LogP) is 3.81. The number of benzene rings is 2. The van der Waals surface area contributed by atoms with Crippen LogP contribution < -0.4 is 5.32 Å². The molecule has 2 fully saturated rings. The number of carbonyl (C=O) groups is 1. The molecule has 0 spiro atoms. The second-order valence-corrected chi connectivity index (χ2v) is 9.60. The molecule has 0 saturated carbocycles. The van der Waals surface area contributed by atoms with Crippen LogP contribution >= 0.6 is 23.2 Å². The highest BCUT2D eigenvalue weighted by atomic mass is 35.5. The molecule has 2 saturated heterocycles. The van der Waals surface area contributed by atoms with Crippen LogP contribution in [0.4, 0.5) is 0 Å². The van der Waals surface area contributed by atoms with Gasteiger partial charge in [0.15, 0.2) is 0 Å². The summed E-state index contributed by atoms with van der Waals surface area (Å²) in [4.78, 5) is 14.8. The smallest absolute Gasteiger partial charge is 0.222 e. The van der Waals surface area contributed by atoms with E-state index < -0.39 is 6.10 Å². The minimum atomic E-state index is -0.549. The number of halogens is 2. The normalized spacial score (nSPS) is 26.2. The monoisotopic (exact) mass is 492 g/mol. The highest BCUT2D eigenvalue weighted by molar-refractivity contribution is 6.31. The number of aliphatic hydroxyl groups is 1. The summed E-state index contributed by atoms with van der Waals surface area (Å²) >= 11 is 12.2. The Labute approximate surface area is 204 Å². The van der Waals surface area contributed by atoms with E-state index in [9.17, 15) is 9.90 Å². The van der Waals surface area contributed by atoms with Crippen LogP contribution in [0.1, 0.15) is 30.4 Å². The Hall–Kier alpha value is -1.67. The number of rotatable bonds is 6. The number of fused-ring (bicyclic) bond motifs is 1. The van der Waals surface area contributed by atoms with Crippen LogP contribution in [0.2, 0.25) is 10.0 Å². The molecule has 2 aromatic rings. The molecule has 1 amide bonds. The minimum absolute atomic E-state index is 0.0569. The van der Waals surface area contributed by atoms with Crippen molar-refractivity contribution in [3.8, 4) is 0 Å². The fourth-order valence-electron chi connectivity index (χ4n) is 4.57. The summed E-state index contributed by atoms with van der Waals surface area (Å²) < 4.78 is 12.0. The number of amides is 1. The SMILES string of the molecule is O=C(C[C@@H]1CC[C@H]2[C@@H](COC[C@@H](O)CN2Cc2ccc(Cl)cc2)O1)NCc1ccccc1Cl. The maximum atomic E-state index is 12.5. The van der Waals surface area contributed by atoms with Crippen LogP contribution in [0.3, 0.4) is 0 Å². The highest BCUT2D eigenvalue weighted by Crippen LogP contribution is 2.29.